The number of nitrogens with zero attached hydrogens (tertiary/aromatic N) is 2. The van der Waals surface area contributed by atoms with Gasteiger partial charge in [0.05, 0.1) is 5.69 Å². The number of rotatable bonds is 7. The van der Waals surface area contributed by atoms with Crippen LogP contribution in [0.5, 0.6) is 0 Å². The van der Waals surface area contributed by atoms with Crippen molar-refractivity contribution in [3.63, 3.8) is 0 Å². The molecule has 1 aromatic rings. The quantitative estimate of drug-likeness (QED) is 0.831. The highest BCUT2D eigenvalue weighted by atomic mass is 15.1. The van der Waals surface area contributed by atoms with E-state index in [9.17, 15) is 0 Å². The molecule has 3 nitrogen and oxygen atoms in total. The largest absolute Gasteiger partial charge is 0.308 e. The van der Waals surface area contributed by atoms with E-state index in [0.29, 0.717) is 0 Å². The Hall–Kier alpha value is -0.930. The molecule has 0 radical (unpaired) electrons. The first-order valence-corrected chi connectivity index (χ1v) is 8.37. The summed E-state index contributed by atoms with van der Waals surface area (Å²) in [5.74, 6) is 0.931. The molecule has 2 rings (SSSR count). The molecule has 1 N–H and O–H groups in total. The molecule has 0 saturated heterocycles. The van der Waals surface area contributed by atoms with Crippen LogP contribution < -0.4 is 5.32 Å². The van der Waals surface area contributed by atoms with E-state index < -0.39 is 0 Å². The van der Waals surface area contributed by atoms with Crippen LogP contribution in [-0.4, -0.2) is 28.5 Å². The Balaban J connectivity index is 1.82. The lowest BCUT2D eigenvalue weighted by molar-refractivity contribution is 0.177. The van der Waals surface area contributed by atoms with E-state index in [1.54, 1.807) is 0 Å². The molecule has 1 aromatic heterocycles. The first-order valence-electron chi connectivity index (χ1n) is 8.37. The molecule has 0 aliphatic heterocycles. The molecule has 1 aliphatic rings. The zero-order valence-electron chi connectivity index (χ0n) is 14.2. The van der Waals surface area contributed by atoms with E-state index in [-0.39, 0.29) is 5.54 Å². The maximum atomic E-state index is 4.64. The van der Waals surface area contributed by atoms with E-state index >= 15 is 0 Å². The van der Waals surface area contributed by atoms with Gasteiger partial charge >= 0.3 is 0 Å². The van der Waals surface area contributed by atoms with E-state index in [2.05, 4.69) is 55.0 Å². The average molecular weight is 289 g/mol. The lowest BCUT2D eigenvalue weighted by Crippen LogP contribution is -2.35. The van der Waals surface area contributed by atoms with Crippen LogP contribution in [0.2, 0.25) is 0 Å². The van der Waals surface area contributed by atoms with Gasteiger partial charge in [-0.25, -0.2) is 0 Å². The molecule has 0 unspecified atom stereocenters. The molecule has 1 aliphatic carbocycles. The van der Waals surface area contributed by atoms with E-state index in [1.165, 1.54) is 37.1 Å². The minimum Gasteiger partial charge on any atom is -0.308 e. The number of hydrogen-bond acceptors (Lipinski definition) is 3. The fraction of sp³-hybridized carbons (Fsp3) is 0.722. The summed E-state index contributed by atoms with van der Waals surface area (Å²) in [6, 6.07) is 4.39. The Labute approximate surface area is 130 Å². The second-order valence-corrected chi connectivity index (χ2v) is 7.39. The van der Waals surface area contributed by atoms with Crippen molar-refractivity contribution < 1.29 is 0 Å². The first kappa shape index (κ1) is 16.4. The predicted molar refractivity (Wildman–Crippen MR) is 89.1 cm³/mol. The van der Waals surface area contributed by atoms with Crippen LogP contribution >= 0.6 is 0 Å². The van der Waals surface area contributed by atoms with Gasteiger partial charge in [-0.2, -0.15) is 0 Å². The Morgan fingerprint density at radius 1 is 1.29 bits per heavy atom. The smallest absolute Gasteiger partial charge is 0.0544 e. The number of aromatic nitrogens is 1. The number of pyridine rings is 1. The highest BCUT2D eigenvalue weighted by molar-refractivity contribution is 5.14. The monoisotopic (exact) mass is 289 g/mol. The summed E-state index contributed by atoms with van der Waals surface area (Å²) in [4.78, 5) is 7.16. The lowest BCUT2D eigenvalue weighted by Gasteiger charge is -2.31. The van der Waals surface area contributed by atoms with Gasteiger partial charge in [-0.1, -0.05) is 19.4 Å². The third-order valence-corrected chi connectivity index (χ3v) is 4.28. The highest BCUT2D eigenvalue weighted by Gasteiger charge is 2.20. The van der Waals surface area contributed by atoms with Gasteiger partial charge in [-0.3, -0.25) is 9.88 Å². The molecule has 3 heteroatoms. The predicted octanol–water partition coefficient (Wildman–Crippen LogP) is 3.59. The van der Waals surface area contributed by atoms with Gasteiger partial charge in [-0.15, -0.1) is 0 Å². The van der Waals surface area contributed by atoms with Crippen molar-refractivity contribution in [2.45, 2.75) is 65.6 Å². The molecule has 1 heterocycles. The summed E-state index contributed by atoms with van der Waals surface area (Å²) in [5, 5.41) is 3.50. The molecule has 0 aromatic carbocycles. The molecule has 1 saturated carbocycles. The second kappa shape index (κ2) is 7.37. The van der Waals surface area contributed by atoms with Gasteiger partial charge in [-0.05, 0) is 57.7 Å². The maximum Gasteiger partial charge on any atom is 0.0544 e. The van der Waals surface area contributed by atoms with Crippen molar-refractivity contribution in [3.8, 4) is 0 Å². The topological polar surface area (TPSA) is 28.2 Å². The zero-order chi connectivity index (χ0) is 15.3. The first-order chi connectivity index (χ1) is 9.96. The van der Waals surface area contributed by atoms with Crippen LogP contribution in [0.15, 0.2) is 18.3 Å². The molecule has 1 fully saturated rings. The molecule has 0 amide bonds. The number of nitrogens with one attached hydrogen (secondary N) is 1. The Bertz CT molecular complexity index is 415. The van der Waals surface area contributed by atoms with Crippen LogP contribution in [0.25, 0.3) is 0 Å². The van der Waals surface area contributed by atoms with Gasteiger partial charge in [0.15, 0.2) is 0 Å². The summed E-state index contributed by atoms with van der Waals surface area (Å²) in [7, 11) is 0. The van der Waals surface area contributed by atoms with Gasteiger partial charge in [0.1, 0.15) is 0 Å². The normalized spacial score (nSPS) is 16.2. The van der Waals surface area contributed by atoms with Gasteiger partial charge < -0.3 is 5.32 Å². The third kappa shape index (κ3) is 5.76. The van der Waals surface area contributed by atoms with Crippen molar-refractivity contribution in [2.75, 3.05) is 13.1 Å². The fourth-order valence-electron chi connectivity index (χ4n) is 2.60. The van der Waals surface area contributed by atoms with Gasteiger partial charge in [0.25, 0.3) is 0 Å². The van der Waals surface area contributed by atoms with Gasteiger partial charge in [0.2, 0.25) is 0 Å². The van der Waals surface area contributed by atoms with Crippen molar-refractivity contribution in [3.05, 3.63) is 29.6 Å². The Kier molecular flexibility index (Phi) is 5.77. The zero-order valence-corrected chi connectivity index (χ0v) is 14.2. The SMILES string of the molecule is CCN(Cc1ccc(CNC(C)(C)C)cn1)CC1CCC1. The van der Waals surface area contributed by atoms with Crippen molar-refractivity contribution in [1.29, 1.82) is 0 Å². The standard InChI is InChI=1S/C18H31N3/c1-5-21(13-15-7-6-8-15)14-17-10-9-16(11-19-17)12-20-18(2,3)4/h9-11,15,20H,5-8,12-14H2,1-4H3. The molecule has 21 heavy (non-hydrogen) atoms. The van der Waals surface area contributed by atoms with E-state index in [0.717, 1.165) is 25.6 Å². The summed E-state index contributed by atoms with van der Waals surface area (Å²) in [5.41, 5.74) is 2.60. The van der Waals surface area contributed by atoms with E-state index in [4.69, 9.17) is 0 Å². The van der Waals surface area contributed by atoms with Crippen LogP contribution in [0.1, 0.15) is 58.2 Å². The second-order valence-electron chi connectivity index (χ2n) is 7.39. The molecule has 0 bridgehead atoms. The van der Waals surface area contributed by atoms with Crippen LogP contribution in [0, 0.1) is 5.92 Å². The summed E-state index contributed by atoms with van der Waals surface area (Å²) in [6.45, 7) is 13.0. The molecule has 0 atom stereocenters. The summed E-state index contributed by atoms with van der Waals surface area (Å²) < 4.78 is 0. The minimum absolute atomic E-state index is 0.153. The molecule has 0 spiro atoms. The molecular formula is C18H31N3. The molecule has 118 valence electrons. The van der Waals surface area contributed by atoms with E-state index in [1.807, 2.05) is 6.20 Å². The Morgan fingerprint density at radius 2 is 2.05 bits per heavy atom. The van der Waals surface area contributed by atoms with Gasteiger partial charge in [0, 0.05) is 31.4 Å². The van der Waals surface area contributed by atoms with Crippen LogP contribution in [-0.2, 0) is 13.1 Å². The van der Waals surface area contributed by atoms with Crippen molar-refractivity contribution in [1.82, 2.24) is 15.2 Å². The highest BCUT2D eigenvalue weighted by Crippen LogP contribution is 2.27. The summed E-state index contributed by atoms with van der Waals surface area (Å²) >= 11 is 0. The van der Waals surface area contributed by atoms with Crippen LogP contribution in [0.3, 0.4) is 0 Å². The van der Waals surface area contributed by atoms with Crippen LogP contribution in [0.4, 0.5) is 0 Å². The Morgan fingerprint density at radius 3 is 2.52 bits per heavy atom. The minimum atomic E-state index is 0.153. The number of hydrogen-bond donors (Lipinski definition) is 1. The fourth-order valence-corrected chi connectivity index (χ4v) is 2.60. The molecular weight excluding hydrogens is 258 g/mol. The van der Waals surface area contributed by atoms with Crippen molar-refractivity contribution in [2.24, 2.45) is 5.92 Å². The lowest BCUT2D eigenvalue weighted by atomic mass is 9.85. The van der Waals surface area contributed by atoms with Crippen molar-refractivity contribution >= 4 is 0 Å². The maximum absolute atomic E-state index is 4.64. The average Bonchev–Trinajstić information content (AvgIpc) is 2.39. The third-order valence-electron chi connectivity index (χ3n) is 4.28. The summed E-state index contributed by atoms with van der Waals surface area (Å²) in [6.07, 6.45) is 6.28.